The number of hydrogen-bond donors (Lipinski definition) is 6. The van der Waals surface area contributed by atoms with Crippen LogP contribution in [0.25, 0.3) is 11.1 Å². The molecule has 1 saturated carbocycles. The largest absolute Gasteiger partial charge is 0.502 e. The lowest BCUT2D eigenvalue weighted by Gasteiger charge is -2.50. The lowest BCUT2D eigenvalue weighted by molar-refractivity contribution is -0.0844. The maximum absolute atomic E-state index is 12.2. The van der Waals surface area contributed by atoms with E-state index >= 15 is 0 Å². The normalized spacial score (nSPS) is 27.5. The number of piperidine rings is 1. The molecule has 5 aliphatic rings. The van der Waals surface area contributed by atoms with Gasteiger partial charge in [0, 0.05) is 77.4 Å². The molecule has 2 aliphatic carbocycles. The zero-order valence-electron chi connectivity index (χ0n) is 29.0. The summed E-state index contributed by atoms with van der Waals surface area (Å²) < 4.78 is 30.8. The molecular weight excluding hydrogens is 640 g/mol. The molecule has 3 aromatic carbocycles. The molecule has 268 valence electrons. The van der Waals surface area contributed by atoms with Crippen molar-refractivity contribution in [1.29, 1.82) is 0 Å². The van der Waals surface area contributed by atoms with Gasteiger partial charge < -0.3 is 49.4 Å². The number of fused-ring (bicyclic) bond motifs is 3. The fourth-order valence-corrected chi connectivity index (χ4v) is 9.23. The minimum atomic E-state index is -1.02. The lowest BCUT2D eigenvalue weighted by atomic mass is 9.73. The molecule has 11 nitrogen and oxygen atoms in total. The van der Waals surface area contributed by atoms with E-state index in [1.54, 1.807) is 19.2 Å². The van der Waals surface area contributed by atoms with Crippen molar-refractivity contribution in [3.63, 3.8) is 0 Å². The smallest absolute Gasteiger partial charge is 0.200 e. The Hall–Kier alpha value is -3.90. The summed E-state index contributed by atoms with van der Waals surface area (Å²) in [6.07, 6.45) is 6.24. The number of rotatable bonds is 9. The third-order valence-electron chi connectivity index (χ3n) is 11.6. The van der Waals surface area contributed by atoms with E-state index in [0.29, 0.717) is 59.4 Å². The first-order chi connectivity index (χ1) is 24.3. The van der Waals surface area contributed by atoms with E-state index in [4.69, 9.17) is 23.7 Å². The van der Waals surface area contributed by atoms with Crippen molar-refractivity contribution in [3.8, 4) is 45.6 Å². The molecule has 0 bridgehead atoms. The van der Waals surface area contributed by atoms with Crippen LogP contribution in [-0.4, -0.2) is 66.2 Å². The first-order valence-electron chi connectivity index (χ1n) is 18.1. The molecule has 2 fully saturated rings. The van der Waals surface area contributed by atoms with Crippen molar-refractivity contribution in [2.24, 2.45) is 5.92 Å². The number of phenolic OH excluding ortho intramolecular Hbond substituents is 1. The zero-order chi connectivity index (χ0) is 34.7. The van der Waals surface area contributed by atoms with Crippen LogP contribution in [0.15, 0.2) is 24.3 Å². The molecule has 11 heteroatoms. The number of benzene rings is 3. The van der Waals surface area contributed by atoms with Gasteiger partial charge in [0.1, 0.15) is 17.2 Å². The number of aromatic hydroxyl groups is 1. The van der Waals surface area contributed by atoms with Crippen LogP contribution < -0.4 is 34.3 Å². The van der Waals surface area contributed by atoms with E-state index in [0.717, 1.165) is 65.8 Å². The van der Waals surface area contributed by atoms with E-state index in [-0.39, 0.29) is 37.1 Å². The van der Waals surface area contributed by atoms with E-state index in [2.05, 4.69) is 17.6 Å². The molecule has 0 radical (unpaired) electrons. The highest BCUT2D eigenvalue weighted by Crippen LogP contribution is 2.58. The van der Waals surface area contributed by atoms with Crippen molar-refractivity contribution < 1.29 is 44.1 Å². The summed E-state index contributed by atoms with van der Waals surface area (Å²) in [5.41, 5.74) is 6.14. The van der Waals surface area contributed by atoms with Crippen LogP contribution in [0.5, 0.6) is 34.5 Å². The molecular formula is C39H48N2O9. The molecule has 0 spiro atoms. The van der Waals surface area contributed by atoms with Crippen LogP contribution in [0.1, 0.15) is 97.9 Å². The molecule has 8 rings (SSSR count). The zero-order valence-corrected chi connectivity index (χ0v) is 29.0. The number of hydrogen-bond acceptors (Lipinski definition) is 11. The fourth-order valence-electron chi connectivity index (χ4n) is 9.23. The Morgan fingerprint density at radius 1 is 0.900 bits per heavy atom. The second kappa shape index (κ2) is 13.0. The van der Waals surface area contributed by atoms with Crippen molar-refractivity contribution in [3.05, 3.63) is 52.1 Å². The van der Waals surface area contributed by atoms with Crippen molar-refractivity contribution in [2.75, 3.05) is 39.4 Å². The van der Waals surface area contributed by atoms with Gasteiger partial charge in [-0.2, -0.15) is 0 Å². The number of phenols is 1. The van der Waals surface area contributed by atoms with Crippen molar-refractivity contribution in [1.82, 2.24) is 5.32 Å². The molecule has 0 amide bonds. The highest BCUT2D eigenvalue weighted by Gasteiger charge is 2.48. The molecule has 0 unspecified atom stereocenters. The summed E-state index contributed by atoms with van der Waals surface area (Å²) in [5, 5.41) is 51.2. The summed E-state index contributed by atoms with van der Waals surface area (Å²) in [7, 11) is 3.15. The number of anilines is 1. The van der Waals surface area contributed by atoms with Crippen LogP contribution in [0, 0.1) is 5.92 Å². The SMILES string of the molecule is COc1cc([C@@H]2COc3cc4c5c(c3[C@H]2O)CCc2c(OC)cc(O[C@]36CCCC[C@@H]3CC[C@H](C)N6)c(c2-5)[C@@H](O)N4)cc(OCCCO)c1O. The second-order valence-electron chi connectivity index (χ2n) is 14.5. The van der Waals surface area contributed by atoms with Gasteiger partial charge in [0.2, 0.25) is 5.75 Å². The number of ether oxygens (including phenoxy) is 5. The van der Waals surface area contributed by atoms with Gasteiger partial charge in [-0.15, -0.1) is 0 Å². The van der Waals surface area contributed by atoms with Crippen molar-refractivity contribution >= 4 is 5.69 Å². The minimum absolute atomic E-state index is 0.0373. The van der Waals surface area contributed by atoms with Gasteiger partial charge in [0.25, 0.3) is 0 Å². The predicted octanol–water partition coefficient (Wildman–Crippen LogP) is 5.60. The second-order valence-corrected chi connectivity index (χ2v) is 14.5. The van der Waals surface area contributed by atoms with Gasteiger partial charge in [0.15, 0.2) is 23.5 Å². The van der Waals surface area contributed by atoms with E-state index < -0.39 is 24.0 Å². The highest BCUT2D eigenvalue weighted by atomic mass is 16.5. The Morgan fingerprint density at radius 2 is 1.70 bits per heavy atom. The number of aliphatic hydroxyl groups excluding tert-OH is 3. The first-order valence-corrected chi connectivity index (χ1v) is 18.1. The van der Waals surface area contributed by atoms with Gasteiger partial charge in [-0.3, -0.25) is 5.32 Å². The Bertz CT molecular complexity index is 1800. The Labute approximate surface area is 292 Å². The predicted molar refractivity (Wildman–Crippen MR) is 187 cm³/mol. The third-order valence-corrected chi connectivity index (χ3v) is 11.6. The number of nitrogens with one attached hydrogen (secondary N) is 2. The van der Waals surface area contributed by atoms with Crippen LogP contribution in [0.3, 0.4) is 0 Å². The summed E-state index contributed by atoms with van der Waals surface area (Å²) >= 11 is 0. The Kier molecular flexibility index (Phi) is 8.65. The maximum atomic E-state index is 12.2. The summed E-state index contributed by atoms with van der Waals surface area (Å²) in [4.78, 5) is 0. The van der Waals surface area contributed by atoms with Gasteiger partial charge in [-0.05, 0) is 68.7 Å². The molecule has 1 saturated heterocycles. The quantitative estimate of drug-likeness (QED) is 0.156. The summed E-state index contributed by atoms with van der Waals surface area (Å²) in [6, 6.07) is 7.59. The topological polar surface area (TPSA) is 151 Å². The lowest BCUT2D eigenvalue weighted by Crippen LogP contribution is -2.63. The first kappa shape index (κ1) is 33.3. The summed E-state index contributed by atoms with van der Waals surface area (Å²) in [6.45, 7) is 2.58. The average Bonchev–Trinajstić information content (AvgIpc) is 3.11. The Balaban J connectivity index is 1.23. The molecule has 6 N–H and O–H groups in total. The van der Waals surface area contributed by atoms with Gasteiger partial charge >= 0.3 is 0 Å². The molecule has 3 aliphatic heterocycles. The van der Waals surface area contributed by atoms with Gasteiger partial charge in [-0.25, -0.2) is 0 Å². The average molecular weight is 689 g/mol. The van der Waals surface area contributed by atoms with Crippen LogP contribution in [0.4, 0.5) is 5.69 Å². The molecule has 50 heavy (non-hydrogen) atoms. The number of aliphatic hydroxyl groups is 3. The van der Waals surface area contributed by atoms with E-state index in [1.165, 1.54) is 13.5 Å². The third kappa shape index (κ3) is 5.32. The van der Waals surface area contributed by atoms with E-state index in [9.17, 15) is 20.4 Å². The fraction of sp³-hybridized carbons (Fsp3) is 0.538. The van der Waals surface area contributed by atoms with Crippen LogP contribution in [-0.2, 0) is 12.8 Å². The maximum Gasteiger partial charge on any atom is 0.200 e. The molecule has 0 aromatic heterocycles. The summed E-state index contributed by atoms with van der Waals surface area (Å²) in [5.74, 6) is 2.12. The molecule has 6 atom stereocenters. The van der Waals surface area contributed by atoms with Crippen LogP contribution in [0.2, 0.25) is 0 Å². The van der Waals surface area contributed by atoms with Gasteiger partial charge in [0.05, 0.1) is 39.1 Å². The standard InChI is InChI=1S/C39H48N2O9/c1-20-8-9-22-7-4-5-12-39(22,41-20)50-29-18-27(46-2)23-10-11-24-32-26(40-38(45)35(29)34(23)32)17-28-33(24)36(43)25(19-49-28)21-15-30(47-3)37(44)31(16-21)48-14-6-13-42/h15-18,20,22,25,36,38,40-45H,4-14,19H2,1-3H3/t20-,22+,25-,36-,38+,39+/m0/s1. The van der Waals surface area contributed by atoms with Crippen LogP contribution >= 0.6 is 0 Å². The highest BCUT2D eigenvalue weighted by molar-refractivity contribution is 5.93. The van der Waals surface area contributed by atoms with E-state index in [1.807, 2.05) is 12.1 Å². The molecule has 3 heterocycles. The van der Waals surface area contributed by atoms with Crippen molar-refractivity contribution in [2.45, 2.75) is 94.7 Å². The Morgan fingerprint density at radius 3 is 2.50 bits per heavy atom. The monoisotopic (exact) mass is 688 g/mol. The number of methoxy groups -OCH3 is 2. The minimum Gasteiger partial charge on any atom is -0.502 e. The van der Waals surface area contributed by atoms with Gasteiger partial charge in [-0.1, -0.05) is 6.42 Å². The molecule has 3 aromatic rings.